The molecule has 49 heavy (non-hydrogen) atoms. The van der Waals surface area contributed by atoms with Crippen LogP contribution in [0, 0.1) is 6.92 Å². The molecule has 2 heterocycles. The molecule has 0 unspecified atom stereocenters. The molecule has 4 aromatic carbocycles. The maximum atomic E-state index is 14.3. The number of aromatic nitrogens is 2. The summed E-state index contributed by atoms with van der Waals surface area (Å²) in [6.07, 6.45) is 0.852. The second-order valence-corrected chi connectivity index (χ2v) is 16.0. The van der Waals surface area contributed by atoms with Gasteiger partial charge in [0.2, 0.25) is 0 Å². The van der Waals surface area contributed by atoms with E-state index in [1.165, 1.54) is 4.57 Å². The van der Waals surface area contributed by atoms with Crippen molar-refractivity contribution in [2.75, 3.05) is 6.61 Å². The Morgan fingerprint density at radius 1 is 0.796 bits per heavy atom. The van der Waals surface area contributed by atoms with Crippen molar-refractivity contribution >= 4 is 25.5 Å². The summed E-state index contributed by atoms with van der Waals surface area (Å²) in [5, 5.41) is 0. The minimum atomic E-state index is -1.01. The van der Waals surface area contributed by atoms with Crippen LogP contribution < -0.4 is 15.7 Å². The summed E-state index contributed by atoms with van der Waals surface area (Å²) in [7, 11) is 0. The molecule has 1 amide bonds. The van der Waals surface area contributed by atoms with Crippen LogP contribution in [0.2, 0.25) is 4.82 Å². The Bertz CT molecular complexity index is 1880. The fraction of sp³-hybridized carbons (Fsp3) is 0.275. The molecule has 5 aromatic rings. The van der Waals surface area contributed by atoms with E-state index in [2.05, 4.69) is 53.5 Å². The van der Waals surface area contributed by atoms with Crippen LogP contribution in [0.1, 0.15) is 55.6 Å². The molecule has 1 saturated heterocycles. The number of carbonyl (C=O) groups excluding carboxylic acids is 1. The summed E-state index contributed by atoms with van der Waals surface area (Å²) >= 11 is -0.153. The summed E-state index contributed by atoms with van der Waals surface area (Å²) < 4.78 is 15.9. The van der Waals surface area contributed by atoms with Crippen LogP contribution >= 0.6 is 0 Å². The van der Waals surface area contributed by atoms with Crippen molar-refractivity contribution in [3.63, 3.8) is 0 Å². The van der Waals surface area contributed by atoms with Crippen LogP contribution in [0.25, 0.3) is 0 Å². The fourth-order valence-corrected chi connectivity index (χ4v) is 9.35. The first-order chi connectivity index (χ1) is 23.6. The number of nitrogens with zero attached hydrogens (tertiary/aromatic N) is 2. The number of H-pyrrole nitrogens is 1. The van der Waals surface area contributed by atoms with Gasteiger partial charge in [-0.05, 0) is 0 Å². The Morgan fingerprint density at radius 3 is 1.78 bits per heavy atom. The molecule has 8 nitrogen and oxygen atoms in total. The van der Waals surface area contributed by atoms with Crippen LogP contribution in [-0.4, -0.2) is 53.8 Å². The Hall–Kier alpha value is -4.69. The van der Waals surface area contributed by atoms with E-state index in [0.717, 1.165) is 21.2 Å². The molecule has 3 atom stereocenters. The van der Waals surface area contributed by atoms with Crippen molar-refractivity contribution in [2.24, 2.45) is 0 Å². The van der Waals surface area contributed by atoms with E-state index >= 15 is 0 Å². The van der Waals surface area contributed by atoms with Crippen LogP contribution in [0.3, 0.4) is 0 Å². The van der Waals surface area contributed by atoms with Gasteiger partial charge in [-0.3, -0.25) is 0 Å². The first-order valence-corrected chi connectivity index (χ1v) is 18.3. The fourth-order valence-electron chi connectivity index (χ4n) is 6.49. The van der Waals surface area contributed by atoms with E-state index < -0.39 is 40.8 Å². The Kier molecular flexibility index (Phi) is 10.1. The number of likely N-dealkylation sites (tertiary alicyclic amines) is 1. The average Bonchev–Trinajstić information content (AvgIpc) is 3.45. The zero-order chi connectivity index (χ0) is 34.6. The van der Waals surface area contributed by atoms with Gasteiger partial charge in [-0.15, -0.1) is 0 Å². The number of carbonyl (C=O) groups is 1. The summed E-state index contributed by atoms with van der Waals surface area (Å²) in [5.41, 5.74) is 0.403. The molecule has 1 aromatic heterocycles. The van der Waals surface area contributed by atoms with Gasteiger partial charge < -0.3 is 0 Å². The first kappa shape index (κ1) is 34.2. The maximum absolute atomic E-state index is 14.3. The standard InChI is InChI=1S/C40H41N3O5Se/c1-28-26-42(37(45)41-35(28)44)36-34(49-33-23-15-8-16-24-33)25-32(43(36)38(46)48-39(2,3)4)27-47-40(29-17-9-5-10-18-29,30-19-11-6-12-20-30)31-21-13-7-14-22-31/h5-24,26,32,34,36H,25,27H2,1-4H3,(H,41,44,45)/t32-,34+,36+/m0/s1. The molecule has 1 aliphatic heterocycles. The third-order valence-electron chi connectivity index (χ3n) is 8.61. The number of amides is 1. The van der Waals surface area contributed by atoms with Gasteiger partial charge in [0, 0.05) is 0 Å². The molecule has 6 rings (SSSR count). The number of aryl methyl sites for hydroxylation is 1. The first-order valence-electron chi connectivity index (χ1n) is 16.4. The van der Waals surface area contributed by atoms with Crippen molar-refractivity contribution in [1.82, 2.24) is 14.5 Å². The van der Waals surface area contributed by atoms with Gasteiger partial charge in [0.05, 0.1) is 0 Å². The number of ether oxygens (including phenoxy) is 2. The molecule has 9 heteroatoms. The number of nitrogens with one attached hydrogen (secondary N) is 1. The second kappa shape index (κ2) is 14.4. The summed E-state index contributed by atoms with van der Waals surface area (Å²) in [4.78, 5) is 44.3. The summed E-state index contributed by atoms with van der Waals surface area (Å²) in [6, 6.07) is 40.0. The van der Waals surface area contributed by atoms with E-state index in [9.17, 15) is 14.4 Å². The third-order valence-corrected chi connectivity index (χ3v) is 11.3. The predicted octanol–water partition coefficient (Wildman–Crippen LogP) is 6.18. The van der Waals surface area contributed by atoms with Crippen LogP contribution in [0.15, 0.2) is 137 Å². The van der Waals surface area contributed by atoms with Gasteiger partial charge in [-0.2, -0.15) is 0 Å². The van der Waals surface area contributed by atoms with Crippen molar-refractivity contribution in [2.45, 2.75) is 62.3 Å². The van der Waals surface area contributed by atoms with Gasteiger partial charge in [0.1, 0.15) is 0 Å². The molecular formula is C40H41N3O5Se. The molecule has 0 aliphatic carbocycles. The van der Waals surface area contributed by atoms with E-state index in [0.29, 0.717) is 12.0 Å². The monoisotopic (exact) mass is 723 g/mol. The van der Waals surface area contributed by atoms with Gasteiger partial charge in [-0.25, -0.2) is 0 Å². The van der Waals surface area contributed by atoms with E-state index in [1.54, 1.807) is 18.0 Å². The van der Waals surface area contributed by atoms with Gasteiger partial charge >= 0.3 is 294 Å². The minimum absolute atomic E-state index is 0.140. The topological polar surface area (TPSA) is 93.6 Å². The van der Waals surface area contributed by atoms with E-state index in [1.807, 2.05) is 93.6 Å². The molecule has 0 radical (unpaired) electrons. The number of hydrogen-bond donors (Lipinski definition) is 1. The van der Waals surface area contributed by atoms with Crippen molar-refractivity contribution in [3.05, 3.63) is 171 Å². The molecule has 0 saturated carbocycles. The number of hydrogen-bond acceptors (Lipinski definition) is 5. The summed E-state index contributed by atoms with van der Waals surface area (Å²) in [5.74, 6) is 0. The molecule has 252 valence electrons. The van der Waals surface area contributed by atoms with Crippen LogP contribution in [0.4, 0.5) is 4.79 Å². The second-order valence-electron chi connectivity index (χ2n) is 13.2. The van der Waals surface area contributed by atoms with E-state index in [4.69, 9.17) is 9.47 Å². The van der Waals surface area contributed by atoms with Crippen molar-refractivity contribution in [1.29, 1.82) is 0 Å². The van der Waals surface area contributed by atoms with Crippen LogP contribution in [-0.2, 0) is 15.1 Å². The van der Waals surface area contributed by atoms with E-state index in [-0.39, 0.29) is 26.4 Å². The van der Waals surface area contributed by atoms with Crippen LogP contribution in [0.5, 0.6) is 0 Å². The Labute approximate surface area is 292 Å². The predicted molar refractivity (Wildman–Crippen MR) is 192 cm³/mol. The van der Waals surface area contributed by atoms with Gasteiger partial charge in [0.15, 0.2) is 0 Å². The van der Waals surface area contributed by atoms with Crippen molar-refractivity contribution < 1.29 is 14.3 Å². The molecule has 0 bridgehead atoms. The molecular weight excluding hydrogens is 681 g/mol. The third kappa shape index (κ3) is 7.35. The Morgan fingerprint density at radius 2 is 1.29 bits per heavy atom. The number of aromatic amines is 1. The average molecular weight is 723 g/mol. The SMILES string of the molecule is Cc1cn([C@H]2[C@H]([Se]c3ccccc3)C[C@@H](COC(c3ccccc3)(c3ccccc3)c3ccccc3)N2C(=O)OC(C)(C)C)c(=O)[nH]c1=O. The normalized spacial score (nSPS) is 18.0. The quantitative estimate of drug-likeness (QED) is 0.145. The molecule has 1 N–H and O–H groups in total. The molecule has 0 spiro atoms. The van der Waals surface area contributed by atoms with Gasteiger partial charge in [0.25, 0.3) is 0 Å². The molecule has 1 fully saturated rings. The molecule has 1 aliphatic rings. The number of rotatable bonds is 9. The number of benzene rings is 4. The van der Waals surface area contributed by atoms with Gasteiger partial charge in [-0.1, -0.05) is 0 Å². The zero-order valence-corrected chi connectivity index (χ0v) is 29.8. The summed E-state index contributed by atoms with van der Waals surface area (Å²) in [6.45, 7) is 7.29. The Balaban J connectivity index is 1.49. The zero-order valence-electron chi connectivity index (χ0n) is 28.1. The van der Waals surface area contributed by atoms with Crippen molar-refractivity contribution in [3.8, 4) is 0 Å².